The van der Waals surface area contributed by atoms with E-state index < -0.39 is 14.3 Å². The van der Waals surface area contributed by atoms with Crippen molar-refractivity contribution in [3.63, 3.8) is 0 Å². The van der Waals surface area contributed by atoms with Gasteiger partial charge in [0.2, 0.25) is 5.91 Å². The molecule has 2 aliphatic rings. The summed E-state index contributed by atoms with van der Waals surface area (Å²) in [6.07, 6.45) is 2.85. The summed E-state index contributed by atoms with van der Waals surface area (Å²) >= 11 is 0. The molecule has 0 unspecified atom stereocenters. The first-order valence-electron chi connectivity index (χ1n) is 8.81. The van der Waals surface area contributed by atoms with Crippen molar-refractivity contribution in [2.75, 3.05) is 19.6 Å². The maximum absolute atomic E-state index is 12.3. The van der Waals surface area contributed by atoms with E-state index in [1.54, 1.807) is 0 Å². The smallest absolute Gasteiger partial charge is 0.300 e. The molecule has 2 N–H and O–H groups in total. The third kappa shape index (κ3) is 6.18. The average molecular weight is 359 g/mol. The lowest BCUT2D eigenvalue weighted by atomic mass is 10.1. The Kier molecular flexibility index (Phi) is 7.43. The highest BCUT2D eigenvalue weighted by Gasteiger charge is 2.43. The minimum absolute atomic E-state index is 0.110. The van der Waals surface area contributed by atoms with Crippen molar-refractivity contribution in [2.45, 2.75) is 77.2 Å². The number of piperidine rings is 1. The van der Waals surface area contributed by atoms with Gasteiger partial charge in [-0.15, -0.1) is 0 Å². The molecule has 2 saturated heterocycles. The Morgan fingerprint density at radius 2 is 1.79 bits per heavy atom. The topological polar surface area (TPSA) is 78.9 Å². The molecule has 0 bridgehead atoms. The van der Waals surface area contributed by atoms with Gasteiger partial charge < -0.3 is 19.7 Å². The van der Waals surface area contributed by atoms with E-state index in [0.717, 1.165) is 39.4 Å². The summed E-state index contributed by atoms with van der Waals surface area (Å²) in [5.74, 6) is -0.541. The van der Waals surface area contributed by atoms with Crippen molar-refractivity contribution in [1.29, 1.82) is 0 Å². The minimum Gasteiger partial charge on any atom is -0.481 e. The molecule has 7 heteroatoms. The van der Waals surface area contributed by atoms with Gasteiger partial charge in [-0.1, -0.05) is 20.8 Å². The SMILES string of the molecule is CC(=O)O.CC(C)(C)[Si](C)(C)O[C@@H]1CC(=O)N(C2CCNCC2)C1. The third-order valence-corrected chi connectivity index (χ3v) is 9.67. The summed E-state index contributed by atoms with van der Waals surface area (Å²) in [4.78, 5) is 23.3. The number of likely N-dealkylation sites (tertiary alicyclic amines) is 1. The first kappa shape index (κ1) is 21.1. The summed E-state index contributed by atoms with van der Waals surface area (Å²) in [5, 5.41) is 11.0. The molecule has 0 aromatic heterocycles. The van der Waals surface area contributed by atoms with Gasteiger partial charge in [-0.2, -0.15) is 0 Å². The van der Waals surface area contributed by atoms with Crippen LogP contribution in [0.5, 0.6) is 0 Å². The van der Waals surface area contributed by atoms with Crippen molar-refractivity contribution >= 4 is 20.2 Å². The Morgan fingerprint density at radius 1 is 1.29 bits per heavy atom. The first-order valence-corrected chi connectivity index (χ1v) is 11.7. The number of carbonyl (C=O) groups is 2. The molecule has 0 aromatic carbocycles. The number of carboxylic acid groups (broad SMARTS) is 1. The summed E-state index contributed by atoms with van der Waals surface area (Å²) < 4.78 is 6.42. The molecule has 2 aliphatic heterocycles. The maximum atomic E-state index is 12.3. The van der Waals surface area contributed by atoms with Gasteiger partial charge in [0.05, 0.1) is 12.5 Å². The van der Waals surface area contributed by atoms with E-state index in [0.29, 0.717) is 18.4 Å². The van der Waals surface area contributed by atoms with Crippen molar-refractivity contribution in [3.05, 3.63) is 0 Å². The molecule has 1 amide bonds. The zero-order valence-corrected chi connectivity index (χ0v) is 17.0. The second-order valence-corrected chi connectivity index (χ2v) is 13.0. The lowest BCUT2D eigenvalue weighted by Crippen LogP contribution is -2.46. The molecule has 140 valence electrons. The van der Waals surface area contributed by atoms with Crippen LogP contribution in [0.4, 0.5) is 0 Å². The zero-order valence-electron chi connectivity index (χ0n) is 16.0. The van der Waals surface area contributed by atoms with E-state index in [9.17, 15) is 4.79 Å². The van der Waals surface area contributed by atoms with Gasteiger partial charge in [0.15, 0.2) is 8.32 Å². The number of nitrogens with one attached hydrogen (secondary N) is 1. The van der Waals surface area contributed by atoms with Crippen LogP contribution < -0.4 is 5.32 Å². The van der Waals surface area contributed by atoms with E-state index in [1.165, 1.54) is 0 Å². The molecule has 2 heterocycles. The molecular weight excluding hydrogens is 324 g/mol. The summed E-state index contributed by atoms with van der Waals surface area (Å²) in [6.45, 7) is 15.2. The summed E-state index contributed by atoms with van der Waals surface area (Å²) in [7, 11) is -1.77. The Labute approximate surface area is 147 Å². The number of hydrogen-bond donors (Lipinski definition) is 2. The fourth-order valence-electron chi connectivity index (χ4n) is 2.84. The fraction of sp³-hybridized carbons (Fsp3) is 0.882. The molecule has 2 fully saturated rings. The highest BCUT2D eigenvalue weighted by molar-refractivity contribution is 6.74. The summed E-state index contributed by atoms with van der Waals surface area (Å²) in [5.41, 5.74) is 0. The Hall–Kier alpha value is -0.923. The van der Waals surface area contributed by atoms with Crippen molar-refractivity contribution in [3.8, 4) is 0 Å². The number of nitrogens with zero attached hydrogens (tertiary/aromatic N) is 1. The number of carbonyl (C=O) groups excluding carboxylic acids is 1. The van der Waals surface area contributed by atoms with Gasteiger partial charge in [0, 0.05) is 19.5 Å². The second kappa shape index (κ2) is 8.45. The van der Waals surface area contributed by atoms with Gasteiger partial charge in [-0.05, 0) is 44.1 Å². The first-order chi connectivity index (χ1) is 10.9. The fourth-order valence-corrected chi connectivity index (χ4v) is 4.19. The Bertz CT molecular complexity index is 438. The van der Waals surface area contributed by atoms with Crippen LogP contribution in [-0.4, -0.2) is 62.0 Å². The highest BCUT2D eigenvalue weighted by Crippen LogP contribution is 2.38. The highest BCUT2D eigenvalue weighted by atomic mass is 28.4. The number of amides is 1. The quantitative estimate of drug-likeness (QED) is 0.758. The average Bonchev–Trinajstić information content (AvgIpc) is 2.78. The molecule has 2 rings (SSSR count). The normalized spacial score (nSPS) is 23.0. The number of hydrogen-bond acceptors (Lipinski definition) is 4. The molecule has 0 aliphatic carbocycles. The Balaban J connectivity index is 0.000000648. The van der Waals surface area contributed by atoms with E-state index in [1.807, 2.05) is 0 Å². The van der Waals surface area contributed by atoms with Crippen LogP contribution in [0.2, 0.25) is 18.1 Å². The van der Waals surface area contributed by atoms with Crippen LogP contribution in [0, 0.1) is 0 Å². The van der Waals surface area contributed by atoms with Gasteiger partial charge in [-0.25, -0.2) is 0 Å². The molecule has 24 heavy (non-hydrogen) atoms. The second-order valence-electron chi connectivity index (χ2n) is 8.25. The van der Waals surface area contributed by atoms with E-state index in [-0.39, 0.29) is 11.1 Å². The largest absolute Gasteiger partial charge is 0.481 e. The van der Waals surface area contributed by atoms with Gasteiger partial charge in [0.1, 0.15) is 0 Å². The zero-order chi connectivity index (χ0) is 18.5. The van der Waals surface area contributed by atoms with Crippen LogP contribution in [0.1, 0.15) is 47.0 Å². The van der Waals surface area contributed by atoms with Crippen LogP contribution in [0.15, 0.2) is 0 Å². The van der Waals surface area contributed by atoms with Gasteiger partial charge >= 0.3 is 0 Å². The van der Waals surface area contributed by atoms with Crippen LogP contribution in [0.25, 0.3) is 0 Å². The standard InChI is InChI=1S/C15H30N2O2Si.C2H4O2/c1-15(2,3)20(4,5)19-13-10-14(18)17(11-13)12-6-8-16-9-7-12;1-2(3)4/h12-13,16H,6-11H2,1-5H3;1H3,(H,3,4)/t13-;/m1./s1. The van der Waals surface area contributed by atoms with E-state index in [4.69, 9.17) is 14.3 Å². The monoisotopic (exact) mass is 358 g/mol. The van der Waals surface area contributed by atoms with Crippen LogP contribution in [-0.2, 0) is 14.0 Å². The Morgan fingerprint density at radius 3 is 2.25 bits per heavy atom. The molecule has 0 spiro atoms. The molecule has 0 aromatic rings. The number of rotatable bonds is 3. The third-order valence-electron chi connectivity index (χ3n) is 5.14. The van der Waals surface area contributed by atoms with Gasteiger partial charge in [0.25, 0.3) is 5.97 Å². The number of carboxylic acids is 1. The predicted molar refractivity (Wildman–Crippen MR) is 97.6 cm³/mol. The van der Waals surface area contributed by atoms with E-state index >= 15 is 0 Å². The van der Waals surface area contributed by atoms with Crippen LogP contribution in [0.3, 0.4) is 0 Å². The van der Waals surface area contributed by atoms with Crippen molar-refractivity contribution < 1.29 is 19.1 Å². The molecule has 6 nitrogen and oxygen atoms in total. The number of aliphatic carboxylic acids is 1. The molecule has 1 atom stereocenters. The predicted octanol–water partition coefficient (Wildman–Crippen LogP) is 2.45. The molecule has 0 saturated carbocycles. The van der Waals surface area contributed by atoms with E-state index in [2.05, 4.69) is 44.1 Å². The minimum atomic E-state index is -1.77. The summed E-state index contributed by atoms with van der Waals surface area (Å²) in [6, 6.07) is 0.428. The van der Waals surface area contributed by atoms with Crippen LogP contribution >= 0.6 is 0 Å². The maximum Gasteiger partial charge on any atom is 0.300 e. The van der Waals surface area contributed by atoms with Crippen molar-refractivity contribution in [2.24, 2.45) is 0 Å². The molecular formula is C17H34N2O4Si. The van der Waals surface area contributed by atoms with Gasteiger partial charge in [-0.3, -0.25) is 9.59 Å². The lowest BCUT2D eigenvalue weighted by molar-refractivity contribution is -0.134. The van der Waals surface area contributed by atoms with Crippen molar-refractivity contribution in [1.82, 2.24) is 10.2 Å². The lowest BCUT2D eigenvalue weighted by Gasteiger charge is -2.38. The molecule has 0 radical (unpaired) electrons.